The number of anilines is 1. The number of halogens is 1. The molecule has 1 aliphatic rings. The first kappa shape index (κ1) is 17.4. The minimum absolute atomic E-state index is 0. The van der Waals surface area contributed by atoms with Crippen LogP contribution in [0.1, 0.15) is 11.7 Å². The molecule has 0 radical (unpaired) electrons. The van der Waals surface area contributed by atoms with Gasteiger partial charge in [0, 0.05) is 38.6 Å². The summed E-state index contributed by atoms with van der Waals surface area (Å²) in [7, 11) is 0. The summed E-state index contributed by atoms with van der Waals surface area (Å²) in [6, 6.07) is 1.81. The third-order valence-corrected chi connectivity index (χ3v) is 3.38. The van der Waals surface area contributed by atoms with Crippen molar-refractivity contribution in [3.63, 3.8) is 0 Å². The maximum absolute atomic E-state index is 6.02. The number of nitrogens with two attached hydrogens (primary N) is 1. The van der Waals surface area contributed by atoms with E-state index in [0.29, 0.717) is 24.2 Å². The molecule has 1 fully saturated rings. The lowest BCUT2D eigenvalue weighted by Gasteiger charge is -2.35. The maximum atomic E-state index is 6.02. The largest absolute Gasteiger partial charge is 0.370 e. The summed E-state index contributed by atoms with van der Waals surface area (Å²) >= 11 is 0. The molecule has 3 rings (SSSR count). The van der Waals surface area contributed by atoms with Crippen molar-refractivity contribution in [2.45, 2.75) is 13.5 Å². The van der Waals surface area contributed by atoms with Gasteiger partial charge in [-0.15, -0.1) is 24.0 Å². The van der Waals surface area contributed by atoms with Gasteiger partial charge in [-0.1, -0.05) is 5.16 Å². The number of aryl methyl sites for hydroxylation is 1. The molecule has 3 heterocycles. The molecule has 0 amide bonds. The monoisotopic (exact) mass is 430 g/mol. The van der Waals surface area contributed by atoms with Crippen LogP contribution in [0.4, 0.5) is 5.95 Å². The molecule has 1 saturated heterocycles. The minimum Gasteiger partial charge on any atom is -0.370 e. The van der Waals surface area contributed by atoms with Crippen LogP contribution in [0, 0.1) is 6.92 Å². The van der Waals surface area contributed by atoms with Gasteiger partial charge >= 0.3 is 0 Å². The van der Waals surface area contributed by atoms with E-state index in [4.69, 9.17) is 10.3 Å². The van der Waals surface area contributed by atoms with Crippen molar-refractivity contribution in [3.8, 4) is 0 Å². The topological polar surface area (TPSA) is 110 Å². The van der Waals surface area contributed by atoms with Crippen LogP contribution in [0.2, 0.25) is 0 Å². The van der Waals surface area contributed by atoms with Gasteiger partial charge in [-0.3, -0.25) is 0 Å². The lowest BCUT2D eigenvalue weighted by molar-refractivity contribution is 0.367. The molecule has 0 spiro atoms. The highest BCUT2D eigenvalue weighted by atomic mass is 127. The third-order valence-electron chi connectivity index (χ3n) is 3.38. The van der Waals surface area contributed by atoms with E-state index >= 15 is 0 Å². The third kappa shape index (κ3) is 4.50. The van der Waals surface area contributed by atoms with E-state index in [-0.39, 0.29) is 24.0 Å². The number of nitrogens with zero attached hydrogens (tertiary/aromatic N) is 7. The smallest absolute Gasteiger partial charge is 0.248 e. The lowest BCUT2D eigenvalue weighted by Crippen LogP contribution is -2.51. The second-order valence-electron chi connectivity index (χ2n) is 4.93. The molecule has 2 aromatic rings. The van der Waals surface area contributed by atoms with Crippen LogP contribution in [0.5, 0.6) is 0 Å². The van der Waals surface area contributed by atoms with E-state index in [9.17, 15) is 0 Å². The van der Waals surface area contributed by atoms with Gasteiger partial charge in [0.1, 0.15) is 6.54 Å². The van der Waals surface area contributed by atoms with E-state index in [1.54, 1.807) is 19.3 Å². The first-order valence-corrected chi connectivity index (χ1v) is 7.08. The van der Waals surface area contributed by atoms with Crippen LogP contribution in [-0.4, -0.2) is 57.1 Å². The van der Waals surface area contributed by atoms with Crippen molar-refractivity contribution < 1.29 is 4.52 Å². The molecule has 10 heteroatoms. The molecule has 0 aromatic carbocycles. The highest BCUT2D eigenvalue weighted by Gasteiger charge is 2.19. The summed E-state index contributed by atoms with van der Waals surface area (Å²) in [5, 5.41) is 3.72. The number of hydrogen-bond acceptors (Lipinski definition) is 7. The highest BCUT2D eigenvalue weighted by Crippen LogP contribution is 2.09. The second-order valence-corrected chi connectivity index (χ2v) is 4.93. The molecule has 1 aliphatic heterocycles. The van der Waals surface area contributed by atoms with Crippen LogP contribution >= 0.6 is 24.0 Å². The Bertz CT molecular complexity index is 638. The molecule has 0 aliphatic carbocycles. The SMILES string of the molecule is Cc1noc(CN=C(N)N2CCN(c3ncccn3)CC2)n1.I. The van der Waals surface area contributed by atoms with Crippen molar-refractivity contribution in [3.05, 3.63) is 30.2 Å². The Morgan fingerprint density at radius 3 is 2.57 bits per heavy atom. The van der Waals surface area contributed by atoms with Gasteiger partial charge in [0.2, 0.25) is 11.8 Å². The molecular weight excluding hydrogens is 411 g/mol. The zero-order chi connectivity index (χ0) is 15.4. The van der Waals surface area contributed by atoms with Crippen LogP contribution in [0.25, 0.3) is 0 Å². The summed E-state index contributed by atoms with van der Waals surface area (Å²) in [4.78, 5) is 21.1. The normalized spacial score (nSPS) is 15.4. The fraction of sp³-hybridized carbons (Fsp3) is 0.462. The van der Waals surface area contributed by atoms with Crippen LogP contribution < -0.4 is 10.6 Å². The molecule has 9 nitrogen and oxygen atoms in total. The molecule has 2 aromatic heterocycles. The number of aliphatic imine (C=N–C) groups is 1. The van der Waals surface area contributed by atoms with Crippen molar-refractivity contribution >= 4 is 35.9 Å². The number of hydrogen-bond donors (Lipinski definition) is 1. The Kier molecular flexibility index (Phi) is 6.07. The van der Waals surface area contributed by atoms with Gasteiger partial charge < -0.3 is 20.1 Å². The number of aromatic nitrogens is 4. The molecule has 0 saturated carbocycles. The zero-order valence-corrected chi connectivity index (χ0v) is 15.1. The van der Waals surface area contributed by atoms with Crippen molar-refractivity contribution in [2.24, 2.45) is 10.7 Å². The first-order chi connectivity index (χ1) is 10.7. The van der Waals surface area contributed by atoms with Crippen molar-refractivity contribution in [2.75, 3.05) is 31.1 Å². The van der Waals surface area contributed by atoms with Crippen LogP contribution in [-0.2, 0) is 6.54 Å². The second kappa shape index (κ2) is 8.04. The fourth-order valence-electron chi connectivity index (χ4n) is 2.24. The maximum Gasteiger partial charge on any atom is 0.248 e. The number of piperazine rings is 1. The van der Waals surface area contributed by atoms with E-state index in [1.807, 2.05) is 11.0 Å². The fourth-order valence-corrected chi connectivity index (χ4v) is 2.24. The van der Waals surface area contributed by atoms with Gasteiger partial charge in [-0.25, -0.2) is 15.0 Å². The predicted octanol–water partition coefficient (Wildman–Crippen LogP) is 0.423. The summed E-state index contributed by atoms with van der Waals surface area (Å²) < 4.78 is 5.01. The van der Waals surface area contributed by atoms with Gasteiger partial charge in [-0.05, 0) is 13.0 Å². The number of guanidine groups is 1. The molecule has 0 unspecified atom stereocenters. The van der Waals surface area contributed by atoms with E-state index in [0.717, 1.165) is 32.1 Å². The molecule has 0 atom stereocenters. The Labute approximate surface area is 151 Å². The molecule has 0 bridgehead atoms. The quantitative estimate of drug-likeness (QED) is 0.424. The van der Waals surface area contributed by atoms with Gasteiger partial charge in [0.05, 0.1) is 0 Å². The highest BCUT2D eigenvalue weighted by molar-refractivity contribution is 14.0. The van der Waals surface area contributed by atoms with Gasteiger partial charge in [0.15, 0.2) is 11.8 Å². The van der Waals surface area contributed by atoms with E-state index in [1.165, 1.54) is 0 Å². The number of rotatable bonds is 3. The Balaban J connectivity index is 0.00000192. The van der Waals surface area contributed by atoms with Crippen LogP contribution in [0.3, 0.4) is 0 Å². The lowest BCUT2D eigenvalue weighted by atomic mass is 10.3. The van der Waals surface area contributed by atoms with E-state index < -0.39 is 0 Å². The average molecular weight is 430 g/mol. The van der Waals surface area contributed by atoms with E-state index in [2.05, 4.69) is 30.0 Å². The van der Waals surface area contributed by atoms with Gasteiger partial charge in [-0.2, -0.15) is 4.98 Å². The summed E-state index contributed by atoms with van der Waals surface area (Å²) in [5.41, 5.74) is 6.02. The Morgan fingerprint density at radius 1 is 1.26 bits per heavy atom. The summed E-state index contributed by atoms with van der Waals surface area (Å²) in [5.74, 6) is 2.31. The molecule has 124 valence electrons. The molecular formula is C13H19IN8O. The summed E-state index contributed by atoms with van der Waals surface area (Å²) in [6.07, 6.45) is 3.49. The molecule has 2 N–H and O–H groups in total. The standard InChI is InChI=1S/C13H18N8O.HI/c1-10-18-11(22-19-10)9-17-12(14)20-5-7-21(8-6-20)13-15-3-2-4-16-13;/h2-4H,5-9H2,1H3,(H2,14,17);1H. The van der Waals surface area contributed by atoms with Crippen molar-refractivity contribution in [1.82, 2.24) is 25.0 Å². The molecule has 23 heavy (non-hydrogen) atoms. The minimum atomic E-state index is 0. The van der Waals surface area contributed by atoms with Crippen LogP contribution in [0.15, 0.2) is 28.0 Å². The Morgan fingerprint density at radius 2 is 1.96 bits per heavy atom. The first-order valence-electron chi connectivity index (χ1n) is 7.08. The van der Waals surface area contributed by atoms with Gasteiger partial charge in [0.25, 0.3) is 0 Å². The predicted molar refractivity (Wildman–Crippen MR) is 95.6 cm³/mol. The average Bonchev–Trinajstić information content (AvgIpc) is 2.99. The zero-order valence-electron chi connectivity index (χ0n) is 12.8. The van der Waals surface area contributed by atoms with Crippen molar-refractivity contribution in [1.29, 1.82) is 0 Å². The Hall–Kier alpha value is -1.98. The summed E-state index contributed by atoms with van der Waals surface area (Å²) in [6.45, 7) is 5.23.